The summed E-state index contributed by atoms with van der Waals surface area (Å²) >= 11 is 0. The first-order valence-electron chi connectivity index (χ1n) is 6.53. The fraction of sp³-hybridized carbons (Fsp3) is 0.188. The van der Waals surface area contributed by atoms with E-state index in [-0.39, 0.29) is 0 Å². The summed E-state index contributed by atoms with van der Waals surface area (Å²) in [5.74, 6) is -0.849. The molecule has 0 saturated carbocycles. The number of esters is 1. The van der Waals surface area contributed by atoms with Gasteiger partial charge in [-0.05, 0) is 11.1 Å². The van der Waals surface area contributed by atoms with Gasteiger partial charge in [-0.1, -0.05) is 60.7 Å². The van der Waals surface area contributed by atoms with Gasteiger partial charge in [0.2, 0.25) is 0 Å². The Kier molecular flexibility index (Phi) is 4.66. The van der Waals surface area contributed by atoms with Gasteiger partial charge in [0.15, 0.2) is 6.10 Å². The van der Waals surface area contributed by atoms with Crippen LogP contribution in [-0.4, -0.2) is 16.9 Å². The lowest BCUT2D eigenvalue weighted by Crippen LogP contribution is -2.29. The average Bonchev–Trinajstić information content (AvgIpc) is 2.53. The Bertz CT molecular complexity index is 573. The second-order valence-electron chi connectivity index (χ2n) is 4.60. The second-order valence-corrected chi connectivity index (χ2v) is 4.60. The molecule has 2 rings (SSSR count). The molecule has 2 aromatic rings. The van der Waals surface area contributed by atoms with Crippen molar-refractivity contribution in [1.82, 2.24) is 0 Å². The number of nitrogens with zero attached hydrogens (tertiary/aromatic N) is 1. The summed E-state index contributed by atoms with van der Waals surface area (Å²) in [5.41, 5.74) is 1.54. The van der Waals surface area contributed by atoms with Crippen LogP contribution in [0, 0.1) is 10.1 Å². The van der Waals surface area contributed by atoms with E-state index in [1.807, 2.05) is 60.7 Å². The Morgan fingerprint density at radius 3 is 1.81 bits per heavy atom. The van der Waals surface area contributed by atoms with Crippen molar-refractivity contribution in [2.45, 2.75) is 19.1 Å². The average molecular weight is 285 g/mol. The van der Waals surface area contributed by atoms with Crippen molar-refractivity contribution in [2.75, 3.05) is 0 Å². The van der Waals surface area contributed by atoms with Gasteiger partial charge in [0.05, 0.1) is 0 Å². The van der Waals surface area contributed by atoms with Crippen LogP contribution in [0.15, 0.2) is 60.7 Å². The van der Waals surface area contributed by atoms with E-state index in [1.165, 1.54) is 6.92 Å². The standard InChI is InChI=1S/C16H15NO4/c1-12(17(19)20)16(18)21-15(13-8-4-2-5-9-13)14-10-6-3-7-11-14/h2-12,15H,1H3. The summed E-state index contributed by atoms with van der Waals surface area (Å²) in [7, 11) is 0. The van der Waals surface area contributed by atoms with Gasteiger partial charge in [0, 0.05) is 11.8 Å². The van der Waals surface area contributed by atoms with Crippen LogP contribution in [0.25, 0.3) is 0 Å². The molecule has 1 unspecified atom stereocenters. The van der Waals surface area contributed by atoms with Crippen LogP contribution < -0.4 is 0 Å². The van der Waals surface area contributed by atoms with E-state index in [4.69, 9.17) is 4.74 Å². The predicted molar refractivity (Wildman–Crippen MR) is 77.3 cm³/mol. The molecule has 0 saturated heterocycles. The topological polar surface area (TPSA) is 69.4 Å². The van der Waals surface area contributed by atoms with Gasteiger partial charge in [-0.15, -0.1) is 0 Å². The van der Waals surface area contributed by atoms with Gasteiger partial charge in [0.1, 0.15) is 0 Å². The summed E-state index contributed by atoms with van der Waals surface area (Å²) in [6.07, 6.45) is -0.651. The van der Waals surface area contributed by atoms with Crippen molar-refractivity contribution >= 4 is 5.97 Å². The Labute approximate surface area is 122 Å². The molecule has 0 amide bonds. The molecule has 5 heteroatoms. The first-order chi connectivity index (χ1) is 10.1. The van der Waals surface area contributed by atoms with Crippen LogP contribution in [0.1, 0.15) is 24.2 Å². The summed E-state index contributed by atoms with van der Waals surface area (Å²) in [6, 6.07) is 16.9. The Morgan fingerprint density at radius 2 is 1.43 bits per heavy atom. The zero-order valence-corrected chi connectivity index (χ0v) is 11.5. The molecule has 0 aliphatic rings. The van der Waals surface area contributed by atoms with E-state index in [1.54, 1.807) is 0 Å². The molecule has 0 fully saturated rings. The van der Waals surface area contributed by atoms with Crippen molar-refractivity contribution in [3.8, 4) is 0 Å². The predicted octanol–water partition coefficient (Wildman–Crippen LogP) is 2.98. The first kappa shape index (κ1) is 14.7. The third kappa shape index (κ3) is 3.66. The summed E-state index contributed by atoms with van der Waals surface area (Å²) in [6.45, 7) is 1.22. The fourth-order valence-corrected chi connectivity index (χ4v) is 1.88. The van der Waals surface area contributed by atoms with Gasteiger partial charge in [-0.25, -0.2) is 4.79 Å². The molecule has 21 heavy (non-hydrogen) atoms. The number of carbonyl (C=O) groups excluding carboxylic acids is 1. The highest BCUT2D eigenvalue weighted by molar-refractivity contribution is 5.74. The minimum absolute atomic E-state index is 0.651. The Balaban J connectivity index is 2.30. The zero-order valence-electron chi connectivity index (χ0n) is 11.5. The number of nitro groups is 1. The number of ether oxygens (including phenoxy) is 1. The summed E-state index contributed by atoms with van der Waals surface area (Å²) in [5, 5.41) is 10.7. The van der Waals surface area contributed by atoms with Crippen molar-refractivity contribution in [2.24, 2.45) is 0 Å². The molecule has 108 valence electrons. The van der Waals surface area contributed by atoms with Crippen molar-refractivity contribution in [1.29, 1.82) is 0 Å². The van der Waals surface area contributed by atoms with E-state index in [0.717, 1.165) is 11.1 Å². The third-order valence-electron chi connectivity index (χ3n) is 3.10. The van der Waals surface area contributed by atoms with Crippen molar-refractivity contribution < 1.29 is 14.5 Å². The number of hydrogen-bond donors (Lipinski definition) is 0. The van der Waals surface area contributed by atoms with Crippen LogP contribution >= 0.6 is 0 Å². The summed E-state index contributed by atoms with van der Waals surface area (Å²) < 4.78 is 5.37. The second kappa shape index (κ2) is 6.65. The van der Waals surface area contributed by atoms with Gasteiger partial charge in [-0.3, -0.25) is 10.1 Å². The maximum Gasteiger partial charge on any atom is 0.382 e. The number of carbonyl (C=O) groups is 1. The molecule has 0 heterocycles. The highest BCUT2D eigenvalue weighted by atomic mass is 16.6. The minimum Gasteiger partial charge on any atom is -0.447 e. The van der Waals surface area contributed by atoms with E-state index in [9.17, 15) is 14.9 Å². The highest BCUT2D eigenvalue weighted by Gasteiger charge is 2.29. The molecule has 0 bridgehead atoms. The Hall–Kier alpha value is -2.69. The third-order valence-corrected chi connectivity index (χ3v) is 3.10. The quantitative estimate of drug-likeness (QED) is 0.481. The van der Waals surface area contributed by atoms with Crippen molar-refractivity contribution in [3.05, 3.63) is 81.9 Å². The van der Waals surface area contributed by atoms with E-state index < -0.39 is 23.0 Å². The van der Waals surface area contributed by atoms with Crippen LogP contribution in [0.4, 0.5) is 0 Å². The van der Waals surface area contributed by atoms with Crippen LogP contribution in [0.2, 0.25) is 0 Å². The molecule has 0 aliphatic carbocycles. The molecule has 1 atom stereocenters. The number of rotatable bonds is 5. The van der Waals surface area contributed by atoms with Gasteiger partial charge >= 0.3 is 12.0 Å². The van der Waals surface area contributed by atoms with Gasteiger partial charge < -0.3 is 4.74 Å². The molecular formula is C16H15NO4. The SMILES string of the molecule is CC(C(=O)OC(c1ccccc1)c1ccccc1)[N+](=O)[O-]. The largest absolute Gasteiger partial charge is 0.447 e. The number of benzene rings is 2. The maximum absolute atomic E-state index is 11.9. The monoisotopic (exact) mass is 285 g/mol. The van der Waals surface area contributed by atoms with Crippen molar-refractivity contribution in [3.63, 3.8) is 0 Å². The van der Waals surface area contributed by atoms with Crippen LogP contribution in [0.3, 0.4) is 0 Å². The smallest absolute Gasteiger partial charge is 0.382 e. The fourth-order valence-electron chi connectivity index (χ4n) is 1.88. The molecule has 0 aromatic heterocycles. The molecule has 0 spiro atoms. The van der Waals surface area contributed by atoms with E-state index in [2.05, 4.69) is 0 Å². The molecule has 5 nitrogen and oxygen atoms in total. The van der Waals surface area contributed by atoms with Crippen LogP contribution in [0.5, 0.6) is 0 Å². The van der Waals surface area contributed by atoms with E-state index in [0.29, 0.717) is 0 Å². The highest BCUT2D eigenvalue weighted by Crippen LogP contribution is 2.26. The molecule has 0 aliphatic heterocycles. The van der Waals surface area contributed by atoms with Gasteiger partial charge in [-0.2, -0.15) is 0 Å². The zero-order chi connectivity index (χ0) is 15.2. The molecular weight excluding hydrogens is 270 g/mol. The lowest BCUT2D eigenvalue weighted by molar-refractivity contribution is -0.506. The normalized spacial score (nSPS) is 11.9. The molecule has 0 radical (unpaired) electrons. The lowest BCUT2D eigenvalue weighted by atomic mass is 10.0. The first-order valence-corrected chi connectivity index (χ1v) is 6.53. The molecule has 2 aromatic carbocycles. The van der Waals surface area contributed by atoms with Gasteiger partial charge in [0.25, 0.3) is 0 Å². The Morgan fingerprint density at radius 1 is 1.00 bits per heavy atom. The summed E-state index contributed by atoms with van der Waals surface area (Å²) in [4.78, 5) is 21.9. The lowest BCUT2D eigenvalue weighted by Gasteiger charge is -2.19. The minimum atomic E-state index is -1.39. The maximum atomic E-state index is 11.9. The molecule has 0 N–H and O–H groups in total. The number of hydrogen-bond acceptors (Lipinski definition) is 4. The van der Waals surface area contributed by atoms with E-state index >= 15 is 0 Å². The van der Waals surface area contributed by atoms with Crippen LogP contribution in [-0.2, 0) is 9.53 Å².